The summed E-state index contributed by atoms with van der Waals surface area (Å²) >= 11 is 0. The van der Waals surface area contributed by atoms with Gasteiger partial charge in [0.05, 0.1) is 12.2 Å². The maximum atomic E-state index is 12.4. The van der Waals surface area contributed by atoms with Gasteiger partial charge in [-0.1, -0.05) is 19.3 Å². The van der Waals surface area contributed by atoms with Crippen LogP contribution in [0.15, 0.2) is 34.7 Å². The third-order valence-corrected chi connectivity index (χ3v) is 5.67. The van der Waals surface area contributed by atoms with E-state index >= 15 is 0 Å². The van der Waals surface area contributed by atoms with Crippen molar-refractivity contribution in [2.75, 3.05) is 5.32 Å². The fraction of sp³-hybridized carbons (Fsp3) is 0.435. The van der Waals surface area contributed by atoms with Crippen molar-refractivity contribution < 1.29 is 9.21 Å². The summed E-state index contributed by atoms with van der Waals surface area (Å²) in [6, 6.07) is 9.76. The molecule has 1 aliphatic carbocycles. The zero-order valence-corrected chi connectivity index (χ0v) is 17.4. The number of carbonyl (C=O) groups is 1. The van der Waals surface area contributed by atoms with Gasteiger partial charge in [0.25, 0.3) is 0 Å². The first kappa shape index (κ1) is 19.4. The van der Waals surface area contributed by atoms with E-state index in [1.165, 1.54) is 6.42 Å². The van der Waals surface area contributed by atoms with E-state index in [0.717, 1.165) is 59.8 Å². The highest BCUT2D eigenvalue weighted by atomic mass is 16.4. The molecule has 4 rings (SSSR count). The average molecular weight is 393 g/mol. The van der Waals surface area contributed by atoms with Gasteiger partial charge >= 0.3 is 0 Å². The molecule has 6 nitrogen and oxygen atoms in total. The number of nitrogens with one attached hydrogen (secondary N) is 1. The highest BCUT2D eigenvalue weighted by Crippen LogP contribution is 2.27. The minimum atomic E-state index is 0.136. The Morgan fingerprint density at radius 3 is 2.52 bits per heavy atom. The van der Waals surface area contributed by atoms with Gasteiger partial charge in [-0.3, -0.25) is 9.48 Å². The number of nitrogens with zero attached hydrogens (tertiary/aromatic N) is 3. The SMILES string of the molecule is Cc1cc(C)n(Cc2nc(-c3ccc(NC(=O)C4CCCCC4)cc3)oc2C)n1. The van der Waals surface area contributed by atoms with Crippen LogP contribution in [0.25, 0.3) is 11.5 Å². The number of benzene rings is 1. The summed E-state index contributed by atoms with van der Waals surface area (Å²) in [5.74, 6) is 1.66. The topological polar surface area (TPSA) is 73.0 Å². The van der Waals surface area contributed by atoms with Crippen molar-refractivity contribution >= 4 is 11.6 Å². The summed E-state index contributed by atoms with van der Waals surface area (Å²) < 4.78 is 7.83. The lowest BCUT2D eigenvalue weighted by Crippen LogP contribution is -2.24. The fourth-order valence-corrected chi connectivity index (χ4v) is 3.98. The van der Waals surface area contributed by atoms with Crippen LogP contribution in [-0.4, -0.2) is 20.7 Å². The van der Waals surface area contributed by atoms with Gasteiger partial charge in [0.1, 0.15) is 11.5 Å². The van der Waals surface area contributed by atoms with Crippen LogP contribution in [0.3, 0.4) is 0 Å². The Morgan fingerprint density at radius 2 is 1.86 bits per heavy atom. The third-order valence-electron chi connectivity index (χ3n) is 5.67. The Bertz CT molecular complexity index is 995. The number of oxazole rings is 1. The number of aromatic nitrogens is 3. The van der Waals surface area contributed by atoms with Crippen LogP contribution in [0.4, 0.5) is 5.69 Å². The quantitative estimate of drug-likeness (QED) is 0.661. The molecule has 1 fully saturated rings. The van der Waals surface area contributed by atoms with Crippen LogP contribution in [0.5, 0.6) is 0 Å². The number of aryl methyl sites for hydroxylation is 3. The molecule has 3 aromatic rings. The minimum Gasteiger partial charge on any atom is -0.441 e. The number of amides is 1. The van der Waals surface area contributed by atoms with E-state index in [0.29, 0.717) is 12.4 Å². The molecular formula is C23H28N4O2. The highest BCUT2D eigenvalue weighted by molar-refractivity contribution is 5.92. The van der Waals surface area contributed by atoms with Crippen LogP contribution >= 0.6 is 0 Å². The normalized spacial score (nSPS) is 14.9. The van der Waals surface area contributed by atoms with Gasteiger partial charge in [-0.25, -0.2) is 4.98 Å². The Kier molecular flexibility index (Phi) is 5.51. The number of carbonyl (C=O) groups excluding carboxylic acids is 1. The second-order valence-electron chi connectivity index (χ2n) is 8.01. The summed E-state index contributed by atoms with van der Waals surface area (Å²) in [5.41, 5.74) is 4.68. The van der Waals surface area contributed by atoms with Gasteiger partial charge in [0.2, 0.25) is 11.8 Å². The van der Waals surface area contributed by atoms with Crippen LogP contribution in [0, 0.1) is 26.7 Å². The molecule has 0 spiro atoms. The standard InChI is InChI=1S/C23H28N4O2/c1-15-13-16(2)27(26-15)14-21-17(3)29-23(25-21)19-9-11-20(12-10-19)24-22(28)18-7-5-4-6-8-18/h9-13,18H,4-8,14H2,1-3H3,(H,24,28). The molecule has 1 saturated carbocycles. The molecule has 0 atom stereocenters. The first-order valence-electron chi connectivity index (χ1n) is 10.4. The molecule has 0 saturated heterocycles. The summed E-state index contributed by atoms with van der Waals surface area (Å²) in [7, 11) is 0. The predicted molar refractivity (Wildman–Crippen MR) is 113 cm³/mol. The molecule has 1 aliphatic rings. The molecule has 0 bridgehead atoms. The highest BCUT2D eigenvalue weighted by Gasteiger charge is 2.21. The van der Waals surface area contributed by atoms with Crippen LogP contribution < -0.4 is 5.32 Å². The Hall–Kier alpha value is -2.89. The second kappa shape index (κ2) is 8.23. The fourth-order valence-electron chi connectivity index (χ4n) is 3.98. The van der Waals surface area contributed by atoms with E-state index in [9.17, 15) is 4.79 Å². The summed E-state index contributed by atoms with van der Waals surface area (Å²) in [4.78, 5) is 17.1. The van der Waals surface area contributed by atoms with Crippen molar-refractivity contribution in [3.63, 3.8) is 0 Å². The van der Waals surface area contributed by atoms with Gasteiger partial charge in [-0.2, -0.15) is 5.10 Å². The zero-order chi connectivity index (χ0) is 20.4. The van der Waals surface area contributed by atoms with E-state index in [-0.39, 0.29) is 11.8 Å². The van der Waals surface area contributed by atoms with Crippen molar-refractivity contribution in [1.82, 2.24) is 14.8 Å². The van der Waals surface area contributed by atoms with E-state index in [2.05, 4.69) is 21.5 Å². The molecule has 0 unspecified atom stereocenters. The molecule has 1 amide bonds. The van der Waals surface area contributed by atoms with Gasteiger partial charge in [0, 0.05) is 22.9 Å². The zero-order valence-electron chi connectivity index (χ0n) is 17.4. The van der Waals surface area contributed by atoms with Crippen molar-refractivity contribution in [3.8, 4) is 11.5 Å². The first-order chi connectivity index (χ1) is 14.0. The van der Waals surface area contributed by atoms with E-state index in [4.69, 9.17) is 4.42 Å². The third kappa shape index (κ3) is 4.42. The molecule has 1 aromatic carbocycles. The maximum absolute atomic E-state index is 12.4. The lowest BCUT2D eigenvalue weighted by Gasteiger charge is -2.20. The molecule has 152 valence electrons. The Balaban J connectivity index is 1.45. The van der Waals surface area contributed by atoms with E-state index in [1.54, 1.807) is 0 Å². The lowest BCUT2D eigenvalue weighted by atomic mass is 9.88. The molecule has 0 aliphatic heterocycles. The van der Waals surface area contributed by atoms with Crippen molar-refractivity contribution in [2.24, 2.45) is 5.92 Å². The molecular weight excluding hydrogens is 364 g/mol. The van der Waals surface area contributed by atoms with E-state index in [1.807, 2.05) is 49.7 Å². The summed E-state index contributed by atoms with van der Waals surface area (Å²) in [6.07, 6.45) is 5.55. The van der Waals surface area contributed by atoms with E-state index < -0.39 is 0 Å². The van der Waals surface area contributed by atoms with Gasteiger partial charge in [-0.15, -0.1) is 0 Å². The number of hydrogen-bond donors (Lipinski definition) is 1. The van der Waals surface area contributed by atoms with Crippen molar-refractivity contribution in [1.29, 1.82) is 0 Å². The molecule has 2 heterocycles. The largest absolute Gasteiger partial charge is 0.441 e. The number of rotatable bonds is 5. The lowest BCUT2D eigenvalue weighted by molar-refractivity contribution is -0.120. The van der Waals surface area contributed by atoms with Crippen molar-refractivity contribution in [2.45, 2.75) is 59.4 Å². The average Bonchev–Trinajstić information content (AvgIpc) is 3.24. The van der Waals surface area contributed by atoms with Gasteiger partial charge in [0.15, 0.2) is 0 Å². The van der Waals surface area contributed by atoms with Gasteiger partial charge in [-0.05, 0) is 63.9 Å². The molecule has 1 N–H and O–H groups in total. The van der Waals surface area contributed by atoms with Crippen LogP contribution in [0.2, 0.25) is 0 Å². The first-order valence-corrected chi connectivity index (χ1v) is 10.4. The number of hydrogen-bond acceptors (Lipinski definition) is 4. The summed E-state index contributed by atoms with van der Waals surface area (Å²) in [6.45, 7) is 6.54. The Labute approximate surface area is 171 Å². The molecule has 6 heteroatoms. The predicted octanol–water partition coefficient (Wildman–Crippen LogP) is 5.03. The van der Waals surface area contributed by atoms with Crippen LogP contribution in [-0.2, 0) is 11.3 Å². The van der Waals surface area contributed by atoms with Gasteiger partial charge < -0.3 is 9.73 Å². The second-order valence-corrected chi connectivity index (χ2v) is 8.01. The minimum absolute atomic E-state index is 0.136. The maximum Gasteiger partial charge on any atom is 0.227 e. The molecule has 29 heavy (non-hydrogen) atoms. The molecule has 2 aromatic heterocycles. The van der Waals surface area contributed by atoms with Crippen molar-refractivity contribution in [3.05, 3.63) is 53.2 Å². The summed E-state index contributed by atoms with van der Waals surface area (Å²) in [5, 5.41) is 7.55. The Morgan fingerprint density at radius 1 is 1.14 bits per heavy atom. The smallest absolute Gasteiger partial charge is 0.227 e. The number of anilines is 1. The monoisotopic (exact) mass is 392 g/mol. The molecule has 0 radical (unpaired) electrons. The van der Waals surface area contributed by atoms with Crippen LogP contribution in [0.1, 0.15) is 54.9 Å².